The molecule has 0 aromatic heterocycles. The molecule has 5 heteroatoms. The molecule has 1 heterocycles. The quantitative estimate of drug-likeness (QED) is 0.780. The zero-order valence-electron chi connectivity index (χ0n) is 15.1. The highest BCUT2D eigenvalue weighted by Crippen LogP contribution is 2.33. The summed E-state index contributed by atoms with van der Waals surface area (Å²) in [5, 5.41) is 3.14. The molecule has 1 amide bonds. The number of carbonyl (C=O) groups is 1. The van der Waals surface area contributed by atoms with Crippen molar-refractivity contribution in [1.29, 1.82) is 0 Å². The van der Waals surface area contributed by atoms with Gasteiger partial charge in [-0.25, -0.2) is 0 Å². The van der Waals surface area contributed by atoms with Crippen molar-refractivity contribution in [1.82, 2.24) is 10.2 Å². The summed E-state index contributed by atoms with van der Waals surface area (Å²) in [7, 11) is 3.18. The van der Waals surface area contributed by atoms with Gasteiger partial charge in [0.05, 0.1) is 14.2 Å². The number of benzene rings is 1. The predicted octanol–water partition coefficient (Wildman–Crippen LogP) is 2.64. The first-order valence-corrected chi connectivity index (χ1v) is 8.40. The van der Waals surface area contributed by atoms with E-state index in [4.69, 9.17) is 9.47 Å². The smallest absolute Gasteiger partial charge is 0.251 e. The summed E-state index contributed by atoms with van der Waals surface area (Å²) in [6, 6.07) is 4.28. The second-order valence-electron chi connectivity index (χ2n) is 6.41. The fourth-order valence-corrected chi connectivity index (χ4v) is 3.12. The van der Waals surface area contributed by atoms with Crippen LogP contribution in [0.3, 0.4) is 0 Å². The van der Waals surface area contributed by atoms with E-state index >= 15 is 0 Å². The van der Waals surface area contributed by atoms with Gasteiger partial charge in [0, 0.05) is 36.3 Å². The summed E-state index contributed by atoms with van der Waals surface area (Å²) < 4.78 is 10.8. The van der Waals surface area contributed by atoms with Crippen LogP contribution in [0.1, 0.15) is 36.2 Å². The zero-order chi connectivity index (χ0) is 17.7. The Balaban J connectivity index is 2.17. The number of allylic oxidation sites excluding steroid dienone is 1. The van der Waals surface area contributed by atoms with Crippen molar-refractivity contribution in [3.8, 4) is 11.5 Å². The van der Waals surface area contributed by atoms with Crippen LogP contribution >= 0.6 is 0 Å². The van der Waals surface area contributed by atoms with Gasteiger partial charge in [-0.05, 0) is 38.8 Å². The average molecular weight is 332 g/mol. The molecule has 1 aliphatic heterocycles. The Morgan fingerprint density at radius 2 is 2.17 bits per heavy atom. The molecule has 1 aromatic rings. The van der Waals surface area contributed by atoms with Crippen LogP contribution in [0.25, 0.3) is 0 Å². The highest BCUT2D eigenvalue weighted by molar-refractivity contribution is 5.95. The van der Waals surface area contributed by atoms with E-state index in [1.165, 1.54) is 0 Å². The molecule has 1 unspecified atom stereocenters. The number of nitrogens with zero attached hydrogens (tertiary/aromatic N) is 1. The van der Waals surface area contributed by atoms with Gasteiger partial charge in [-0.2, -0.15) is 0 Å². The Labute approximate surface area is 144 Å². The molecule has 0 radical (unpaired) electrons. The molecule has 1 N–H and O–H groups in total. The number of ether oxygens (including phenoxy) is 2. The number of likely N-dealkylation sites (tertiary alicyclic amines) is 1. The third kappa shape index (κ3) is 4.09. The summed E-state index contributed by atoms with van der Waals surface area (Å²) in [5.74, 6) is 1.15. The summed E-state index contributed by atoms with van der Waals surface area (Å²) >= 11 is 0. The minimum atomic E-state index is -0.0723. The lowest BCUT2D eigenvalue weighted by molar-refractivity contribution is 0.0936. The van der Waals surface area contributed by atoms with Crippen LogP contribution < -0.4 is 14.8 Å². The lowest BCUT2D eigenvalue weighted by atomic mass is 10.0. The van der Waals surface area contributed by atoms with Crippen LogP contribution in [0.5, 0.6) is 11.5 Å². The van der Waals surface area contributed by atoms with Gasteiger partial charge >= 0.3 is 0 Å². The molecule has 0 spiro atoms. The Kier molecular flexibility index (Phi) is 6.26. The van der Waals surface area contributed by atoms with E-state index < -0.39 is 0 Å². The van der Waals surface area contributed by atoms with Gasteiger partial charge in [-0.3, -0.25) is 9.69 Å². The molecule has 1 fully saturated rings. The standard InChI is InChI=1S/C19H28N2O3/c1-6-7-14-10-15(11-17(23-4)18(14)24-5)19(22)20-16-8-9-21(12-16)13(2)3/h6,10-11,13,16H,1,7-9,12H2,2-5H3,(H,20,22). The fraction of sp³-hybridized carbons (Fsp3) is 0.526. The summed E-state index contributed by atoms with van der Waals surface area (Å²) in [5.41, 5.74) is 1.49. The summed E-state index contributed by atoms with van der Waals surface area (Å²) in [6.07, 6.45) is 3.39. The van der Waals surface area contributed by atoms with E-state index in [0.29, 0.717) is 29.5 Å². The predicted molar refractivity (Wildman–Crippen MR) is 96.0 cm³/mol. The second-order valence-corrected chi connectivity index (χ2v) is 6.41. The van der Waals surface area contributed by atoms with E-state index in [1.807, 2.05) is 6.07 Å². The van der Waals surface area contributed by atoms with Gasteiger partial charge in [0.25, 0.3) is 5.91 Å². The van der Waals surface area contributed by atoms with Crippen molar-refractivity contribution >= 4 is 5.91 Å². The Morgan fingerprint density at radius 1 is 1.42 bits per heavy atom. The van der Waals surface area contributed by atoms with E-state index in [0.717, 1.165) is 25.1 Å². The lowest BCUT2D eigenvalue weighted by Crippen LogP contribution is -2.38. The van der Waals surface area contributed by atoms with Crippen LogP contribution in [0.15, 0.2) is 24.8 Å². The average Bonchev–Trinajstić information content (AvgIpc) is 3.03. The lowest BCUT2D eigenvalue weighted by Gasteiger charge is -2.20. The zero-order valence-corrected chi connectivity index (χ0v) is 15.1. The molecule has 0 saturated carbocycles. The maximum absolute atomic E-state index is 12.6. The summed E-state index contributed by atoms with van der Waals surface area (Å²) in [6.45, 7) is 10.1. The SMILES string of the molecule is C=CCc1cc(C(=O)NC2CCN(C(C)C)C2)cc(OC)c1OC. The van der Waals surface area contributed by atoms with E-state index in [9.17, 15) is 4.79 Å². The van der Waals surface area contributed by atoms with Crippen LogP contribution in [0.2, 0.25) is 0 Å². The molecule has 0 bridgehead atoms. The maximum atomic E-state index is 12.6. The van der Waals surface area contributed by atoms with E-state index in [2.05, 4.69) is 30.6 Å². The normalized spacial score (nSPS) is 17.8. The highest BCUT2D eigenvalue weighted by atomic mass is 16.5. The van der Waals surface area contributed by atoms with Crippen LogP contribution in [-0.2, 0) is 6.42 Å². The molecule has 2 rings (SSSR count). The first kappa shape index (κ1) is 18.3. The molecule has 24 heavy (non-hydrogen) atoms. The maximum Gasteiger partial charge on any atom is 0.251 e. The van der Waals surface area contributed by atoms with Gasteiger partial charge in [0.2, 0.25) is 0 Å². The van der Waals surface area contributed by atoms with E-state index in [-0.39, 0.29) is 11.9 Å². The molecule has 132 valence electrons. The highest BCUT2D eigenvalue weighted by Gasteiger charge is 2.26. The first-order chi connectivity index (χ1) is 11.5. The Hall–Kier alpha value is -2.01. The molecule has 5 nitrogen and oxygen atoms in total. The molecular weight excluding hydrogens is 304 g/mol. The van der Waals surface area contributed by atoms with Gasteiger partial charge in [0.15, 0.2) is 11.5 Å². The monoisotopic (exact) mass is 332 g/mol. The molecule has 1 saturated heterocycles. The number of carbonyl (C=O) groups excluding carboxylic acids is 1. The van der Waals surface area contributed by atoms with Crippen molar-refractivity contribution in [3.63, 3.8) is 0 Å². The van der Waals surface area contributed by atoms with E-state index in [1.54, 1.807) is 26.4 Å². The number of rotatable bonds is 7. The first-order valence-electron chi connectivity index (χ1n) is 8.40. The summed E-state index contributed by atoms with van der Waals surface area (Å²) in [4.78, 5) is 15.0. The number of hydrogen-bond donors (Lipinski definition) is 1. The molecule has 1 aromatic carbocycles. The number of nitrogens with one attached hydrogen (secondary N) is 1. The Morgan fingerprint density at radius 3 is 2.71 bits per heavy atom. The number of hydrogen-bond acceptors (Lipinski definition) is 4. The molecular formula is C19H28N2O3. The minimum absolute atomic E-state index is 0.0723. The van der Waals surface area contributed by atoms with Crippen LogP contribution in [-0.4, -0.2) is 50.2 Å². The van der Waals surface area contributed by atoms with Crippen LogP contribution in [0.4, 0.5) is 0 Å². The molecule has 0 aliphatic carbocycles. The van der Waals surface area contributed by atoms with Gasteiger partial charge in [0.1, 0.15) is 0 Å². The molecule has 1 atom stereocenters. The fourth-order valence-electron chi connectivity index (χ4n) is 3.12. The van der Waals surface area contributed by atoms with Gasteiger partial charge in [-0.15, -0.1) is 6.58 Å². The van der Waals surface area contributed by atoms with Gasteiger partial charge in [-0.1, -0.05) is 6.08 Å². The van der Waals surface area contributed by atoms with Crippen molar-refractivity contribution < 1.29 is 14.3 Å². The topological polar surface area (TPSA) is 50.8 Å². The second kappa shape index (κ2) is 8.20. The van der Waals surface area contributed by atoms with Gasteiger partial charge < -0.3 is 14.8 Å². The van der Waals surface area contributed by atoms with Crippen molar-refractivity contribution in [2.75, 3.05) is 27.3 Å². The minimum Gasteiger partial charge on any atom is -0.493 e. The molecule has 1 aliphatic rings. The van der Waals surface area contributed by atoms with Crippen molar-refractivity contribution in [2.45, 2.75) is 38.8 Å². The third-order valence-corrected chi connectivity index (χ3v) is 4.47. The van der Waals surface area contributed by atoms with Crippen molar-refractivity contribution in [2.24, 2.45) is 0 Å². The number of amides is 1. The Bertz CT molecular complexity index is 599. The van der Waals surface area contributed by atoms with Crippen molar-refractivity contribution in [3.05, 3.63) is 35.9 Å². The number of methoxy groups -OCH3 is 2. The van der Waals surface area contributed by atoms with Crippen LogP contribution in [0, 0.1) is 0 Å². The largest absolute Gasteiger partial charge is 0.493 e. The third-order valence-electron chi connectivity index (χ3n) is 4.47.